The summed E-state index contributed by atoms with van der Waals surface area (Å²) in [4.78, 5) is 24.5. The van der Waals surface area contributed by atoms with Gasteiger partial charge in [0.1, 0.15) is 12.0 Å². The quantitative estimate of drug-likeness (QED) is 0.679. The van der Waals surface area contributed by atoms with E-state index < -0.39 is 11.6 Å². The van der Waals surface area contributed by atoms with Gasteiger partial charge in [-0.3, -0.25) is 9.59 Å². The SMILES string of the molecule is C[C@]12CCC(=O)C=C1CCC1C2C(F)C[C@]2(C)C(=O)C3CC3C12. The Bertz CT molecular complexity index is 652. The van der Waals surface area contributed by atoms with E-state index in [1.165, 1.54) is 5.57 Å². The van der Waals surface area contributed by atoms with Crippen molar-refractivity contribution in [2.45, 2.75) is 58.5 Å². The number of rotatable bonds is 0. The lowest BCUT2D eigenvalue weighted by Gasteiger charge is -2.58. The molecule has 0 spiro atoms. The predicted molar refractivity (Wildman–Crippen MR) is 84.4 cm³/mol. The highest BCUT2D eigenvalue weighted by Gasteiger charge is 2.72. The van der Waals surface area contributed by atoms with Crippen LogP contribution in [0.15, 0.2) is 11.6 Å². The highest BCUT2D eigenvalue weighted by molar-refractivity contribution is 5.93. The molecule has 8 atom stereocenters. The van der Waals surface area contributed by atoms with Crippen molar-refractivity contribution in [2.24, 2.45) is 40.4 Å². The van der Waals surface area contributed by atoms with Gasteiger partial charge in [0.05, 0.1) is 0 Å². The molecule has 0 amide bonds. The molecule has 2 nitrogen and oxygen atoms in total. The Hall–Kier alpha value is -0.990. The van der Waals surface area contributed by atoms with Gasteiger partial charge in [0, 0.05) is 23.7 Å². The van der Waals surface area contributed by atoms with Crippen LogP contribution in [-0.4, -0.2) is 17.7 Å². The molecular formula is C20H25FO2. The maximum Gasteiger partial charge on any atom is 0.155 e. The molecule has 0 heterocycles. The van der Waals surface area contributed by atoms with Crippen LogP contribution in [0.25, 0.3) is 0 Å². The minimum Gasteiger partial charge on any atom is -0.299 e. The number of carbonyl (C=O) groups is 2. The smallest absolute Gasteiger partial charge is 0.155 e. The number of ketones is 2. The molecule has 0 aromatic heterocycles. The number of fused-ring (bicyclic) bond motifs is 7. The summed E-state index contributed by atoms with van der Waals surface area (Å²) in [5.41, 5.74) is 0.627. The van der Waals surface area contributed by atoms with Crippen molar-refractivity contribution in [2.75, 3.05) is 0 Å². The Morgan fingerprint density at radius 3 is 2.65 bits per heavy atom. The van der Waals surface area contributed by atoms with E-state index in [4.69, 9.17) is 0 Å². The third-order valence-electron chi connectivity index (χ3n) is 8.31. The van der Waals surface area contributed by atoms with Crippen LogP contribution in [0.3, 0.4) is 0 Å². The monoisotopic (exact) mass is 316 g/mol. The number of allylic oxidation sites excluding steroid dienone is 1. The third-order valence-corrected chi connectivity index (χ3v) is 8.31. The molecule has 0 saturated heterocycles. The molecule has 4 fully saturated rings. The Balaban J connectivity index is 1.59. The van der Waals surface area contributed by atoms with Gasteiger partial charge in [-0.2, -0.15) is 0 Å². The number of hydrogen-bond acceptors (Lipinski definition) is 2. The van der Waals surface area contributed by atoms with Gasteiger partial charge in [0.2, 0.25) is 0 Å². The van der Waals surface area contributed by atoms with E-state index in [9.17, 15) is 9.59 Å². The average molecular weight is 316 g/mol. The lowest BCUT2D eigenvalue weighted by molar-refractivity contribution is -0.143. The predicted octanol–water partition coefficient (Wildman–Crippen LogP) is 3.89. The Labute approximate surface area is 136 Å². The summed E-state index contributed by atoms with van der Waals surface area (Å²) in [6.07, 6.45) is 5.64. The Morgan fingerprint density at radius 1 is 1.09 bits per heavy atom. The Kier molecular flexibility index (Phi) is 2.59. The van der Waals surface area contributed by atoms with E-state index in [0.717, 1.165) is 25.7 Å². The lowest BCUT2D eigenvalue weighted by Crippen LogP contribution is -2.56. The molecule has 0 N–H and O–H groups in total. The average Bonchev–Trinajstić information content (AvgIpc) is 3.22. The van der Waals surface area contributed by atoms with Crippen molar-refractivity contribution in [3.8, 4) is 0 Å². The summed E-state index contributed by atoms with van der Waals surface area (Å²) in [6, 6.07) is 0. The van der Waals surface area contributed by atoms with E-state index in [2.05, 4.69) is 6.92 Å². The molecule has 3 heteroatoms. The van der Waals surface area contributed by atoms with Crippen molar-refractivity contribution in [3.63, 3.8) is 0 Å². The summed E-state index contributed by atoms with van der Waals surface area (Å²) in [5.74, 6) is 2.10. The van der Waals surface area contributed by atoms with Crippen LogP contribution in [0, 0.1) is 40.4 Å². The standard InChI is InChI=1S/C20H25FO2/c1-19-6-5-11(22)7-10(19)3-4-12-16-13-8-14(13)18(23)20(16,2)9-15(21)17(12)19/h7,12-17H,3-6,8-9H2,1-2H3/t12?,13?,14?,15?,16?,17?,19-,20-/m0/s1. The van der Waals surface area contributed by atoms with E-state index >= 15 is 4.39 Å². The van der Waals surface area contributed by atoms with Gasteiger partial charge in [-0.05, 0) is 61.3 Å². The van der Waals surface area contributed by atoms with Crippen LogP contribution in [-0.2, 0) is 9.59 Å². The molecule has 0 radical (unpaired) electrons. The fourth-order valence-electron chi connectivity index (χ4n) is 7.29. The summed E-state index contributed by atoms with van der Waals surface area (Å²) in [5, 5.41) is 0. The fraction of sp³-hybridized carbons (Fsp3) is 0.800. The zero-order valence-corrected chi connectivity index (χ0v) is 14.0. The number of carbonyl (C=O) groups excluding carboxylic acids is 2. The van der Waals surface area contributed by atoms with Gasteiger partial charge in [-0.15, -0.1) is 0 Å². The molecule has 0 aromatic carbocycles. The maximum atomic E-state index is 15.4. The van der Waals surface area contributed by atoms with Gasteiger partial charge in [0.25, 0.3) is 0 Å². The molecule has 124 valence electrons. The van der Waals surface area contributed by atoms with Crippen LogP contribution in [0.1, 0.15) is 52.4 Å². The van der Waals surface area contributed by atoms with E-state index in [1.807, 2.05) is 13.0 Å². The lowest BCUT2D eigenvalue weighted by atomic mass is 9.46. The highest BCUT2D eigenvalue weighted by atomic mass is 19.1. The van der Waals surface area contributed by atoms with Gasteiger partial charge in [-0.1, -0.05) is 19.4 Å². The van der Waals surface area contributed by atoms with Crippen molar-refractivity contribution in [1.82, 2.24) is 0 Å². The molecule has 23 heavy (non-hydrogen) atoms. The summed E-state index contributed by atoms with van der Waals surface area (Å²) >= 11 is 0. The fourth-order valence-corrected chi connectivity index (χ4v) is 7.29. The molecule has 0 bridgehead atoms. The van der Waals surface area contributed by atoms with E-state index in [-0.39, 0.29) is 23.0 Å². The van der Waals surface area contributed by atoms with E-state index in [1.54, 1.807) is 0 Å². The molecule has 6 unspecified atom stereocenters. The van der Waals surface area contributed by atoms with Crippen molar-refractivity contribution < 1.29 is 14.0 Å². The molecule has 0 aromatic rings. The van der Waals surface area contributed by atoms with Gasteiger partial charge < -0.3 is 0 Å². The Morgan fingerprint density at radius 2 is 1.87 bits per heavy atom. The maximum absolute atomic E-state index is 15.4. The van der Waals surface area contributed by atoms with Crippen LogP contribution < -0.4 is 0 Å². The second kappa shape index (κ2) is 4.15. The van der Waals surface area contributed by atoms with Gasteiger partial charge in [-0.25, -0.2) is 4.39 Å². The second-order valence-corrected chi connectivity index (χ2v) is 9.32. The minimum atomic E-state index is -0.899. The first-order valence-corrected chi connectivity index (χ1v) is 9.28. The third kappa shape index (κ3) is 1.59. The van der Waals surface area contributed by atoms with Crippen LogP contribution in [0.2, 0.25) is 0 Å². The summed E-state index contributed by atoms with van der Waals surface area (Å²) in [6.45, 7) is 4.24. The number of halogens is 1. The van der Waals surface area contributed by atoms with Crippen LogP contribution >= 0.6 is 0 Å². The molecular weight excluding hydrogens is 291 g/mol. The molecule has 5 aliphatic carbocycles. The second-order valence-electron chi connectivity index (χ2n) is 9.32. The zero-order valence-electron chi connectivity index (χ0n) is 14.0. The normalized spacial score (nSPS) is 57.1. The first-order chi connectivity index (χ1) is 10.9. The molecule has 5 aliphatic rings. The topological polar surface area (TPSA) is 34.1 Å². The number of alkyl halides is 1. The zero-order chi connectivity index (χ0) is 16.1. The molecule has 0 aliphatic heterocycles. The summed E-state index contributed by atoms with van der Waals surface area (Å²) in [7, 11) is 0. The largest absolute Gasteiger partial charge is 0.299 e. The summed E-state index contributed by atoms with van der Waals surface area (Å²) < 4.78 is 15.4. The molecule has 5 rings (SSSR count). The first-order valence-electron chi connectivity index (χ1n) is 9.28. The van der Waals surface area contributed by atoms with Gasteiger partial charge >= 0.3 is 0 Å². The van der Waals surface area contributed by atoms with Crippen molar-refractivity contribution >= 4 is 11.6 Å². The van der Waals surface area contributed by atoms with E-state index in [0.29, 0.717) is 36.4 Å². The number of Topliss-reactive ketones (excluding diaryl/α,β-unsaturated/α-hetero) is 1. The van der Waals surface area contributed by atoms with Crippen molar-refractivity contribution in [3.05, 3.63) is 11.6 Å². The minimum absolute atomic E-state index is 0.0147. The van der Waals surface area contributed by atoms with Crippen LogP contribution in [0.5, 0.6) is 0 Å². The number of hydrogen-bond donors (Lipinski definition) is 0. The first kappa shape index (κ1) is 14.4. The molecule has 4 saturated carbocycles. The van der Waals surface area contributed by atoms with Gasteiger partial charge in [0.15, 0.2) is 5.78 Å². The highest BCUT2D eigenvalue weighted by Crippen LogP contribution is 2.72. The van der Waals surface area contributed by atoms with Crippen LogP contribution in [0.4, 0.5) is 4.39 Å². The van der Waals surface area contributed by atoms with Crippen molar-refractivity contribution in [1.29, 1.82) is 0 Å².